The van der Waals surface area contributed by atoms with E-state index in [9.17, 15) is 0 Å². The third-order valence-electron chi connectivity index (χ3n) is 6.14. The summed E-state index contributed by atoms with van der Waals surface area (Å²) in [7, 11) is 0. The van der Waals surface area contributed by atoms with Gasteiger partial charge in [0, 0.05) is 29.9 Å². The lowest BCUT2D eigenvalue weighted by Gasteiger charge is -2.44. The number of benzene rings is 3. The Hall–Kier alpha value is -2.74. The van der Waals surface area contributed by atoms with Gasteiger partial charge in [0.15, 0.2) is 0 Å². The van der Waals surface area contributed by atoms with E-state index in [0.29, 0.717) is 6.17 Å². The lowest BCUT2D eigenvalue weighted by Crippen LogP contribution is -2.50. The molecule has 2 nitrogen and oxygen atoms in total. The number of hydrogen-bond donors (Lipinski definition) is 0. The van der Waals surface area contributed by atoms with E-state index in [0.717, 1.165) is 25.9 Å². The quantitative estimate of drug-likeness (QED) is 0.501. The summed E-state index contributed by atoms with van der Waals surface area (Å²) in [5, 5.41) is 0. The minimum Gasteiger partial charge on any atom is -0.349 e. The largest absolute Gasteiger partial charge is 0.349 e. The van der Waals surface area contributed by atoms with Gasteiger partial charge < -0.3 is 9.80 Å². The van der Waals surface area contributed by atoms with E-state index in [-0.39, 0.29) is 5.41 Å². The molecule has 29 heavy (non-hydrogen) atoms. The predicted octanol–water partition coefficient (Wildman–Crippen LogP) is 6.17. The first-order valence-electron chi connectivity index (χ1n) is 10.8. The van der Waals surface area contributed by atoms with Crippen molar-refractivity contribution in [1.29, 1.82) is 0 Å². The Morgan fingerprint density at radius 2 is 1.14 bits per heavy atom. The van der Waals surface area contributed by atoms with Crippen LogP contribution in [0.5, 0.6) is 0 Å². The zero-order valence-corrected chi connectivity index (χ0v) is 17.9. The van der Waals surface area contributed by atoms with Crippen LogP contribution in [-0.4, -0.2) is 19.3 Å². The maximum atomic E-state index is 2.59. The SMILES string of the molecule is CCc1ccc(CC(C)(C)C2N(c3ccccc3)CCN2c2ccccc2)cc1. The molecule has 0 amide bonds. The number of hydrogen-bond acceptors (Lipinski definition) is 2. The molecule has 0 radical (unpaired) electrons. The van der Waals surface area contributed by atoms with E-state index in [2.05, 4.69) is 116 Å². The van der Waals surface area contributed by atoms with Gasteiger partial charge in [-0.2, -0.15) is 0 Å². The molecule has 0 spiro atoms. The first-order valence-corrected chi connectivity index (χ1v) is 10.8. The summed E-state index contributed by atoms with van der Waals surface area (Å²) in [4.78, 5) is 5.18. The van der Waals surface area contributed by atoms with E-state index in [4.69, 9.17) is 0 Å². The molecule has 1 aliphatic heterocycles. The van der Waals surface area contributed by atoms with Gasteiger partial charge >= 0.3 is 0 Å². The smallest absolute Gasteiger partial charge is 0.107 e. The monoisotopic (exact) mass is 384 g/mol. The Morgan fingerprint density at radius 3 is 1.59 bits per heavy atom. The number of para-hydroxylation sites is 2. The van der Waals surface area contributed by atoms with Crippen LogP contribution in [0.1, 0.15) is 31.9 Å². The van der Waals surface area contributed by atoms with Crippen molar-refractivity contribution in [3.05, 3.63) is 96.1 Å². The molecule has 1 heterocycles. The highest BCUT2D eigenvalue weighted by Crippen LogP contribution is 2.39. The fourth-order valence-electron chi connectivity index (χ4n) is 4.76. The molecule has 4 rings (SSSR count). The highest BCUT2D eigenvalue weighted by atomic mass is 15.4. The molecule has 1 aliphatic rings. The van der Waals surface area contributed by atoms with Crippen molar-refractivity contribution in [2.75, 3.05) is 22.9 Å². The maximum absolute atomic E-state index is 2.59. The lowest BCUT2D eigenvalue weighted by molar-refractivity contribution is 0.285. The van der Waals surface area contributed by atoms with Crippen LogP contribution in [0, 0.1) is 5.41 Å². The molecule has 3 aromatic rings. The summed E-state index contributed by atoms with van der Waals surface area (Å²) in [5.74, 6) is 0. The van der Waals surface area contributed by atoms with Gasteiger partial charge in [-0.25, -0.2) is 0 Å². The van der Waals surface area contributed by atoms with Gasteiger partial charge in [-0.15, -0.1) is 0 Å². The highest BCUT2D eigenvalue weighted by Gasteiger charge is 2.42. The van der Waals surface area contributed by atoms with Gasteiger partial charge in [-0.3, -0.25) is 0 Å². The Labute approximate surface area is 175 Å². The van der Waals surface area contributed by atoms with E-state index in [1.165, 1.54) is 22.5 Å². The van der Waals surface area contributed by atoms with Gasteiger partial charge in [0.25, 0.3) is 0 Å². The van der Waals surface area contributed by atoms with E-state index >= 15 is 0 Å². The average molecular weight is 385 g/mol. The Balaban J connectivity index is 1.68. The van der Waals surface area contributed by atoms with Crippen LogP contribution in [0.3, 0.4) is 0 Å². The molecular weight excluding hydrogens is 352 g/mol. The zero-order chi connectivity index (χ0) is 20.3. The third kappa shape index (κ3) is 4.17. The molecule has 0 N–H and O–H groups in total. The second-order valence-corrected chi connectivity index (χ2v) is 8.77. The van der Waals surface area contributed by atoms with Crippen molar-refractivity contribution in [1.82, 2.24) is 0 Å². The van der Waals surface area contributed by atoms with Crippen LogP contribution >= 0.6 is 0 Å². The third-order valence-corrected chi connectivity index (χ3v) is 6.14. The van der Waals surface area contributed by atoms with Crippen molar-refractivity contribution in [2.24, 2.45) is 5.41 Å². The van der Waals surface area contributed by atoms with Crippen LogP contribution in [0.25, 0.3) is 0 Å². The molecule has 1 fully saturated rings. The number of rotatable bonds is 6. The molecular formula is C27H32N2. The zero-order valence-electron chi connectivity index (χ0n) is 17.9. The molecule has 0 bridgehead atoms. The van der Waals surface area contributed by atoms with Crippen molar-refractivity contribution < 1.29 is 0 Å². The summed E-state index contributed by atoms with van der Waals surface area (Å²) in [6.07, 6.45) is 2.45. The predicted molar refractivity (Wildman–Crippen MR) is 125 cm³/mol. The normalized spacial score (nSPS) is 15.1. The van der Waals surface area contributed by atoms with Crippen molar-refractivity contribution in [3.63, 3.8) is 0 Å². The summed E-state index contributed by atoms with van der Waals surface area (Å²) in [6.45, 7) is 9.14. The summed E-state index contributed by atoms with van der Waals surface area (Å²) < 4.78 is 0. The molecule has 1 saturated heterocycles. The van der Waals surface area contributed by atoms with Gasteiger partial charge in [0.05, 0.1) is 0 Å². The van der Waals surface area contributed by atoms with Crippen LogP contribution in [-0.2, 0) is 12.8 Å². The molecule has 3 aromatic carbocycles. The minimum absolute atomic E-state index is 0.0793. The Bertz CT molecular complexity index is 853. The average Bonchev–Trinajstić information content (AvgIpc) is 3.22. The van der Waals surface area contributed by atoms with E-state index < -0.39 is 0 Å². The summed E-state index contributed by atoms with van der Waals surface area (Å²) in [5.41, 5.74) is 5.52. The minimum atomic E-state index is 0.0793. The van der Waals surface area contributed by atoms with E-state index in [1.54, 1.807) is 0 Å². The van der Waals surface area contributed by atoms with Crippen LogP contribution in [0.4, 0.5) is 11.4 Å². The molecule has 0 atom stereocenters. The van der Waals surface area contributed by atoms with Crippen LogP contribution < -0.4 is 9.80 Å². The molecule has 150 valence electrons. The standard InChI is InChI=1S/C27H32N2/c1-4-22-15-17-23(18-16-22)21-27(2,3)26-28(24-11-7-5-8-12-24)19-20-29(26)25-13-9-6-10-14-25/h5-18,26H,4,19-21H2,1-3H3. The van der Waals surface area contributed by atoms with Gasteiger partial charge in [-0.1, -0.05) is 81.4 Å². The van der Waals surface area contributed by atoms with Gasteiger partial charge in [-0.05, 0) is 48.2 Å². The number of nitrogens with zero attached hydrogens (tertiary/aromatic N) is 2. The molecule has 0 saturated carbocycles. The van der Waals surface area contributed by atoms with Crippen molar-refractivity contribution in [3.8, 4) is 0 Å². The second-order valence-electron chi connectivity index (χ2n) is 8.77. The first-order chi connectivity index (χ1) is 14.1. The highest BCUT2D eigenvalue weighted by molar-refractivity contribution is 5.57. The number of anilines is 2. The van der Waals surface area contributed by atoms with E-state index in [1.807, 2.05) is 0 Å². The maximum Gasteiger partial charge on any atom is 0.107 e. The Morgan fingerprint density at radius 1 is 0.690 bits per heavy atom. The van der Waals surface area contributed by atoms with Crippen LogP contribution in [0.2, 0.25) is 0 Å². The summed E-state index contributed by atoms with van der Waals surface area (Å²) >= 11 is 0. The van der Waals surface area contributed by atoms with Gasteiger partial charge in [0.1, 0.15) is 6.17 Å². The Kier molecular flexibility index (Phi) is 5.62. The lowest BCUT2D eigenvalue weighted by atomic mass is 9.81. The van der Waals surface area contributed by atoms with Crippen molar-refractivity contribution in [2.45, 2.75) is 39.8 Å². The fraction of sp³-hybridized carbons (Fsp3) is 0.333. The van der Waals surface area contributed by atoms with Gasteiger partial charge in [0.2, 0.25) is 0 Å². The molecule has 0 aliphatic carbocycles. The molecule has 0 aromatic heterocycles. The second kappa shape index (κ2) is 8.32. The summed E-state index contributed by atoms with van der Waals surface area (Å²) in [6, 6.07) is 31.0. The number of aryl methyl sites for hydroxylation is 1. The van der Waals surface area contributed by atoms with Crippen LogP contribution in [0.15, 0.2) is 84.9 Å². The first kappa shape index (κ1) is 19.6. The molecule has 2 heteroatoms. The van der Waals surface area contributed by atoms with Crippen molar-refractivity contribution >= 4 is 11.4 Å². The topological polar surface area (TPSA) is 6.48 Å². The fourth-order valence-corrected chi connectivity index (χ4v) is 4.76. The molecule has 0 unspecified atom stereocenters.